The standard InChI is InChI=1S/C9H12ClNO2/c1-13-8-3-6(9(11)5-12)2-7(10)4-8/h2-4,9,12H,5,11H2,1H3/t9-/m1/s1. The third-order valence-corrected chi connectivity index (χ3v) is 1.97. The summed E-state index contributed by atoms with van der Waals surface area (Å²) in [4.78, 5) is 0. The summed E-state index contributed by atoms with van der Waals surface area (Å²) in [7, 11) is 1.56. The average Bonchev–Trinajstić information content (AvgIpc) is 2.15. The molecule has 1 aromatic carbocycles. The molecule has 0 unspecified atom stereocenters. The first-order valence-corrected chi connectivity index (χ1v) is 4.26. The van der Waals surface area contributed by atoms with Crippen LogP contribution in [-0.2, 0) is 0 Å². The minimum absolute atomic E-state index is 0.108. The molecule has 1 rings (SSSR count). The van der Waals surface area contributed by atoms with Crippen molar-refractivity contribution in [3.63, 3.8) is 0 Å². The summed E-state index contributed by atoms with van der Waals surface area (Å²) in [6, 6.07) is 4.75. The smallest absolute Gasteiger partial charge is 0.120 e. The number of methoxy groups -OCH3 is 1. The molecule has 0 fully saturated rings. The second kappa shape index (κ2) is 4.46. The second-order valence-electron chi connectivity index (χ2n) is 2.71. The van der Waals surface area contributed by atoms with Gasteiger partial charge in [-0.15, -0.1) is 0 Å². The van der Waals surface area contributed by atoms with Crippen molar-refractivity contribution in [2.24, 2.45) is 5.73 Å². The third kappa shape index (κ3) is 2.59. The molecule has 0 saturated heterocycles. The molecule has 0 amide bonds. The third-order valence-electron chi connectivity index (χ3n) is 1.75. The number of rotatable bonds is 3. The van der Waals surface area contributed by atoms with Gasteiger partial charge < -0.3 is 15.6 Å². The fourth-order valence-corrected chi connectivity index (χ4v) is 1.26. The van der Waals surface area contributed by atoms with E-state index in [2.05, 4.69) is 0 Å². The van der Waals surface area contributed by atoms with E-state index in [0.717, 1.165) is 5.56 Å². The molecule has 0 aliphatic carbocycles. The second-order valence-corrected chi connectivity index (χ2v) is 3.15. The zero-order valence-corrected chi connectivity index (χ0v) is 8.08. The summed E-state index contributed by atoms with van der Waals surface area (Å²) >= 11 is 5.81. The lowest BCUT2D eigenvalue weighted by Gasteiger charge is -2.10. The van der Waals surface area contributed by atoms with Gasteiger partial charge in [0.05, 0.1) is 19.8 Å². The Kier molecular flexibility index (Phi) is 3.54. The van der Waals surface area contributed by atoms with Crippen molar-refractivity contribution in [2.45, 2.75) is 6.04 Å². The predicted molar refractivity (Wildman–Crippen MR) is 52.0 cm³/mol. The van der Waals surface area contributed by atoms with Crippen molar-refractivity contribution in [1.82, 2.24) is 0 Å². The van der Waals surface area contributed by atoms with Crippen LogP contribution >= 0.6 is 11.6 Å². The van der Waals surface area contributed by atoms with Gasteiger partial charge in [-0.2, -0.15) is 0 Å². The number of benzene rings is 1. The summed E-state index contributed by atoms with van der Waals surface area (Å²) in [6.45, 7) is -0.108. The number of halogens is 1. The van der Waals surface area contributed by atoms with Crippen LogP contribution < -0.4 is 10.5 Å². The lowest BCUT2D eigenvalue weighted by Crippen LogP contribution is -2.14. The van der Waals surface area contributed by atoms with Crippen molar-refractivity contribution in [1.29, 1.82) is 0 Å². The lowest BCUT2D eigenvalue weighted by molar-refractivity contribution is 0.267. The van der Waals surface area contributed by atoms with Crippen LogP contribution in [0.2, 0.25) is 5.02 Å². The first-order chi connectivity index (χ1) is 6.17. The maximum absolute atomic E-state index is 8.83. The van der Waals surface area contributed by atoms with Crippen molar-refractivity contribution in [3.8, 4) is 5.75 Å². The summed E-state index contributed by atoms with van der Waals surface area (Å²) in [5.74, 6) is 0.645. The number of ether oxygens (including phenoxy) is 1. The molecule has 0 saturated carbocycles. The van der Waals surface area contributed by atoms with Crippen LogP contribution in [0.25, 0.3) is 0 Å². The van der Waals surface area contributed by atoms with E-state index in [1.54, 1.807) is 25.3 Å². The fourth-order valence-electron chi connectivity index (χ4n) is 1.02. The first kappa shape index (κ1) is 10.3. The maximum Gasteiger partial charge on any atom is 0.120 e. The Labute approximate surface area is 82.1 Å². The van der Waals surface area contributed by atoms with Crippen molar-refractivity contribution >= 4 is 11.6 Å². The van der Waals surface area contributed by atoms with Crippen molar-refractivity contribution < 1.29 is 9.84 Å². The zero-order valence-electron chi connectivity index (χ0n) is 7.33. The highest BCUT2D eigenvalue weighted by Crippen LogP contribution is 2.23. The van der Waals surface area contributed by atoms with Crippen LogP contribution in [-0.4, -0.2) is 18.8 Å². The van der Waals surface area contributed by atoms with Gasteiger partial charge in [0.2, 0.25) is 0 Å². The Bertz CT molecular complexity index is 291. The van der Waals surface area contributed by atoms with Gasteiger partial charge in [0.15, 0.2) is 0 Å². The van der Waals surface area contributed by atoms with Gasteiger partial charge in [0, 0.05) is 5.02 Å². The van der Waals surface area contributed by atoms with Crippen molar-refractivity contribution in [2.75, 3.05) is 13.7 Å². The predicted octanol–water partition coefficient (Wildman–Crippen LogP) is 1.34. The molecule has 1 atom stereocenters. The first-order valence-electron chi connectivity index (χ1n) is 3.88. The number of aliphatic hydroxyl groups excluding tert-OH is 1. The minimum atomic E-state index is -0.410. The topological polar surface area (TPSA) is 55.5 Å². The maximum atomic E-state index is 8.83. The molecular weight excluding hydrogens is 190 g/mol. The Morgan fingerprint density at radius 1 is 1.54 bits per heavy atom. The van der Waals surface area contributed by atoms with E-state index in [1.807, 2.05) is 0 Å². The van der Waals surface area contributed by atoms with E-state index in [0.29, 0.717) is 10.8 Å². The highest BCUT2D eigenvalue weighted by Gasteiger charge is 2.06. The molecule has 4 heteroatoms. The number of hydrogen-bond donors (Lipinski definition) is 2. The van der Waals surface area contributed by atoms with E-state index in [4.69, 9.17) is 27.2 Å². The van der Waals surface area contributed by atoms with Crippen LogP contribution in [0.4, 0.5) is 0 Å². The summed E-state index contributed by atoms with van der Waals surface area (Å²) < 4.78 is 5.01. The molecular formula is C9H12ClNO2. The molecule has 1 aromatic rings. The molecule has 0 aliphatic heterocycles. The fraction of sp³-hybridized carbons (Fsp3) is 0.333. The molecule has 0 spiro atoms. The molecule has 0 bridgehead atoms. The normalized spacial score (nSPS) is 12.6. The Morgan fingerprint density at radius 2 is 2.23 bits per heavy atom. The van der Waals surface area contributed by atoms with Crippen molar-refractivity contribution in [3.05, 3.63) is 28.8 Å². The largest absolute Gasteiger partial charge is 0.497 e. The SMILES string of the molecule is COc1cc(Cl)cc([C@H](N)CO)c1. The summed E-state index contributed by atoms with van der Waals surface area (Å²) in [6.07, 6.45) is 0. The zero-order chi connectivity index (χ0) is 9.84. The van der Waals surface area contributed by atoms with Crippen LogP contribution in [0.15, 0.2) is 18.2 Å². The van der Waals surface area contributed by atoms with Gasteiger partial charge in [-0.1, -0.05) is 11.6 Å². The number of hydrogen-bond acceptors (Lipinski definition) is 3. The Balaban J connectivity index is 3.01. The van der Waals surface area contributed by atoms with E-state index >= 15 is 0 Å². The molecule has 72 valence electrons. The molecule has 13 heavy (non-hydrogen) atoms. The van der Waals surface area contributed by atoms with Gasteiger partial charge in [-0.25, -0.2) is 0 Å². The summed E-state index contributed by atoms with van der Waals surface area (Å²) in [5.41, 5.74) is 6.39. The van der Waals surface area contributed by atoms with Crippen LogP contribution in [0.1, 0.15) is 11.6 Å². The highest BCUT2D eigenvalue weighted by atomic mass is 35.5. The van der Waals surface area contributed by atoms with E-state index in [-0.39, 0.29) is 6.61 Å². The highest BCUT2D eigenvalue weighted by molar-refractivity contribution is 6.30. The number of nitrogens with two attached hydrogens (primary N) is 1. The molecule has 0 radical (unpaired) electrons. The minimum Gasteiger partial charge on any atom is -0.497 e. The lowest BCUT2D eigenvalue weighted by atomic mass is 10.1. The van der Waals surface area contributed by atoms with Crippen LogP contribution in [0, 0.1) is 0 Å². The van der Waals surface area contributed by atoms with Gasteiger partial charge >= 0.3 is 0 Å². The van der Waals surface area contributed by atoms with Gasteiger partial charge in [-0.05, 0) is 23.8 Å². The molecule has 0 aliphatic rings. The molecule has 3 N–H and O–H groups in total. The van der Waals surface area contributed by atoms with Gasteiger partial charge in [0.1, 0.15) is 5.75 Å². The van der Waals surface area contributed by atoms with E-state index < -0.39 is 6.04 Å². The van der Waals surface area contributed by atoms with Gasteiger partial charge in [0.25, 0.3) is 0 Å². The monoisotopic (exact) mass is 201 g/mol. The summed E-state index contributed by atoms with van der Waals surface area (Å²) in [5, 5.41) is 9.39. The Morgan fingerprint density at radius 3 is 2.77 bits per heavy atom. The van der Waals surface area contributed by atoms with E-state index in [1.165, 1.54) is 0 Å². The average molecular weight is 202 g/mol. The molecule has 0 aromatic heterocycles. The Hall–Kier alpha value is -0.770. The van der Waals surface area contributed by atoms with Crippen LogP contribution in [0.5, 0.6) is 5.75 Å². The van der Waals surface area contributed by atoms with Crippen LogP contribution in [0.3, 0.4) is 0 Å². The quantitative estimate of drug-likeness (QED) is 0.776. The van der Waals surface area contributed by atoms with E-state index in [9.17, 15) is 0 Å². The number of aliphatic hydroxyl groups is 1. The molecule has 3 nitrogen and oxygen atoms in total. The molecule has 0 heterocycles. The van der Waals surface area contributed by atoms with Gasteiger partial charge in [-0.3, -0.25) is 0 Å².